The number of hydrogen-bond acceptors (Lipinski definition) is 4. The van der Waals surface area contributed by atoms with Gasteiger partial charge < -0.3 is 10.2 Å². The molecule has 2 atom stereocenters. The van der Waals surface area contributed by atoms with Crippen molar-refractivity contribution in [1.29, 1.82) is 0 Å². The molecule has 0 amide bonds. The fraction of sp³-hybridized carbons (Fsp3) is 0.562. The first kappa shape index (κ1) is 15.8. The number of benzene rings is 1. The van der Waals surface area contributed by atoms with Crippen molar-refractivity contribution in [3.8, 4) is 5.75 Å². The minimum atomic E-state index is -0.749. The third-order valence-electron chi connectivity index (χ3n) is 4.34. The number of hydrogen-bond donors (Lipinski definition) is 2. The topological polar surface area (TPSA) is 64.0 Å². The van der Waals surface area contributed by atoms with Crippen molar-refractivity contribution in [3.05, 3.63) is 29.8 Å². The lowest BCUT2D eigenvalue weighted by molar-refractivity contribution is -0.143. The first-order valence-electron chi connectivity index (χ1n) is 7.46. The summed E-state index contributed by atoms with van der Waals surface area (Å²) in [4.78, 5) is 15.4. The molecule has 1 fully saturated rings. The lowest BCUT2D eigenvalue weighted by Gasteiger charge is -2.39. The van der Waals surface area contributed by atoms with Crippen LogP contribution in [0.25, 0.3) is 0 Å². The Morgan fingerprint density at radius 3 is 2.14 bits per heavy atom. The molecule has 0 spiro atoms. The Hall–Kier alpha value is -1.59. The summed E-state index contributed by atoms with van der Waals surface area (Å²) in [6.07, 6.45) is 0.939. The van der Waals surface area contributed by atoms with Crippen molar-refractivity contribution in [2.45, 2.75) is 32.4 Å². The fourth-order valence-electron chi connectivity index (χ4n) is 2.82. The van der Waals surface area contributed by atoms with Gasteiger partial charge in [-0.2, -0.15) is 0 Å². The Balaban J connectivity index is 1.84. The molecule has 116 valence electrons. The zero-order valence-corrected chi connectivity index (χ0v) is 12.7. The maximum atomic E-state index is 11.0. The summed E-state index contributed by atoms with van der Waals surface area (Å²) in [7, 11) is 0. The molecule has 0 aromatic heterocycles. The Labute approximate surface area is 125 Å². The van der Waals surface area contributed by atoms with Gasteiger partial charge in [-0.1, -0.05) is 12.1 Å². The Morgan fingerprint density at radius 1 is 1.10 bits per heavy atom. The second-order valence-corrected chi connectivity index (χ2v) is 5.81. The number of rotatable bonds is 5. The number of carbonyl (C=O) groups is 1. The van der Waals surface area contributed by atoms with Gasteiger partial charge in [0.15, 0.2) is 0 Å². The predicted molar refractivity (Wildman–Crippen MR) is 81.5 cm³/mol. The monoisotopic (exact) mass is 292 g/mol. The molecule has 0 aliphatic carbocycles. The van der Waals surface area contributed by atoms with Crippen LogP contribution in [-0.4, -0.2) is 64.2 Å². The molecule has 0 saturated carbocycles. The molecule has 5 heteroatoms. The molecule has 5 nitrogen and oxygen atoms in total. The summed E-state index contributed by atoms with van der Waals surface area (Å²) in [5, 5.41) is 18.4. The summed E-state index contributed by atoms with van der Waals surface area (Å²) < 4.78 is 0. The average molecular weight is 292 g/mol. The van der Waals surface area contributed by atoms with Gasteiger partial charge in [-0.15, -0.1) is 0 Å². The molecule has 0 bridgehead atoms. The number of phenols is 1. The van der Waals surface area contributed by atoms with E-state index in [2.05, 4.69) is 11.8 Å². The Bertz CT molecular complexity index is 467. The van der Waals surface area contributed by atoms with Crippen molar-refractivity contribution in [2.75, 3.05) is 26.2 Å². The molecule has 1 heterocycles. The van der Waals surface area contributed by atoms with Crippen LogP contribution in [0.15, 0.2) is 24.3 Å². The van der Waals surface area contributed by atoms with Crippen LogP contribution in [-0.2, 0) is 11.2 Å². The molecule has 2 rings (SSSR count). The van der Waals surface area contributed by atoms with Crippen LogP contribution in [0, 0.1) is 0 Å². The first-order chi connectivity index (χ1) is 9.97. The van der Waals surface area contributed by atoms with Crippen molar-refractivity contribution in [1.82, 2.24) is 9.80 Å². The van der Waals surface area contributed by atoms with Crippen LogP contribution in [0.4, 0.5) is 0 Å². The van der Waals surface area contributed by atoms with Crippen molar-refractivity contribution >= 4 is 5.97 Å². The summed E-state index contributed by atoms with van der Waals surface area (Å²) >= 11 is 0. The normalized spacial score (nSPS) is 20.1. The third kappa shape index (κ3) is 4.19. The quantitative estimate of drug-likeness (QED) is 0.859. The van der Waals surface area contributed by atoms with Gasteiger partial charge in [0.25, 0.3) is 0 Å². The van der Waals surface area contributed by atoms with Gasteiger partial charge in [-0.25, -0.2) is 0 Å². The largest absolute Gasteiger partial charge is 0.508 e. The molecule has 1 aliphatic heterocycles. The van der Waals surface area contributed by atoms with Gasteiger partial charge in [0.2, 0.25) is 0 Å². The van der Waals surface area contributed by atoms with Crippen molar-refractivity contribution in [2.24, 2.45) is 0 Å². The molecule has 1 aromatic rings. The second-order valence-electron chi connectivity index (χ2n) is 5.81. The number of piperazine rings is 1. The summed E-state index contributed by atoms with van der Waals surface area (Å²) in [6.45, 7) is 7.34. The molecule has 1 saturated heterocycles. The highest BCUT2D eigenvalue weighted by atomic mass is 16.4. The lowest BCUT2D eigenvalue weighted by atomic mass is 10.0. The van der Waals surface area contributed by atoms with E-state index in [1.807, 2.05) is 17.0 Å². The van der Waals surface area contributed by atoms with E-state index >= 15 is 0 Å². The third-order valence-corrected chi connectivity index (χ3v) is 4.34. The average Bonchev–Trinajstić information content (AvgIpc) is 2.49. The van der Waals surface area contributed by atoms with Gasteiger partial charge in [0, 0.05) is 32.2 Å². The van der Waals surface area contributed by atoms with E-state index in [9.17, 15) is 9.90 Å². The maximum absolute atomic E-state index is 11.0. The number of aliphatic carboxylic acids is 1. The predicted octanol–water partition coefficient (Wildman–Crippen LogP) is 1.41. The van der Waals surface area contributed by atoms with E-state index in [4.69, 9.17) is 5.11 Å². The number of carboxylic acids is 1. The van der Waals surface area contributed by atoms with Gasteiger partial charge in [0.05, 0.1) is 0 Å². The zero-order valence-electron chi connectivity index (χ0n) is 12.7. The number of nitrogens with zero attached hydrogens (tertiary/aromatic N) is 2. The molecular formula is C16H24N2O3. The van der Waals surface area contributed by atoms with Crippen LogP contribution in [0.3, 0.4) is 0 Å². The highest BCUT2D eigenvalue weighted by molar-refractivity contribution is 5.72. The van der Waals surface area contributed by atoms with E-state index < -0.39 is 12.0 Å². The summed E-state index contributed by atoms with van der Waals surface area (Å²) in [6, 6.07) is 7.35. The minimum absolute atomic E-state index is 0.294. The minimum Gasteiger partial charge on any atom is -0.508 e. The van der Waals surface area contributed by atoms with E-state index in [-0.39, 0.29) is 0 Å². The number of carboxylic acid groups (broad SMARTS) is 1. The Kier molecular flexibility index (Phi) is 5.20. The van der Waals surface area contributed by atoms with Crippen LogP contribution in [0.1, 0.15) is 19.4 Å². The molecule has 2 unspecified atom stereocenters. The van der Waals surface area contributed by atoms with E-state index in [1.165, 1.54) is 5.56 Å². The SMILES string of the molecule is CC(Cc1ccc(O)cc1)N1CCN(C(C)C(=O)O)CC1. The molecule has 2 N–H and O–H groups in total. The Morgan fingerprint density at radius 2 is 1.62 bits per heavy atom. The maximum Gasteiger partial charge on any atom is 0.320 e. The van der Waals surface area contributed by atoms with E-state index in [0.717, 1.165) is 32.6 Å². The van der Waals surface area contributed by atoms with Crippen molar-refractivity contribution < 1.29 is 15.0 Å². The van der Waals surface area contributed by atoms with E-state index in [0.29, 0.717) is 11.8 Å². The number of aromatic hydroxyl groups is 1. The van der Waals surface area contributed by atoms with Gasteiger partial charge >= 0.3 is 5.97 Å². The molecule has 0 radical (unpaired) electrons. The molecule has 21 heavy (non-hydrogen) atoms. The molecule has 1 aromatic carbocycles. The highest BCUT2D eigenvalue weighted by Gasteiger charge is 2.26. The smallest absolute Gasteiger partial charge is 0.320 e. The summed E-state index contributed by atoms with van der Waals surface area (Å²) in [5.41, 5.74) is 1.21. The van der Waals surface area contributed by atoms with Crippen molar-refractivity contribution in [3.63, 3.8) is 0 Å². The van der Waals surface area contributed by atoms with Gasteiger partial charge in [-0.05, 0) is 38.0 Å². The second kappa shape index (κ2) is 6.91. The fourth-order valence-corrected chi connectivity index (χ4v) is 2.82. The van der Waals surface area contributed by atoms with Crippen LogP contribution in [0.5, 0.6) is 5.75 Å². The molecule has 1 aliphatic rings. The van der Waals surface area contributed by atoms with E-state index in [1.54, 1.807) is 19.1 Å². The first-order valence-corrected chi connectivity index (χ1v) is 7.46. The van der Waals surface area contributed by atoms with Crippen LogP contribution in [0.2, 0.25) is 0 Å². The van der Waals surface area contributed by atoms with Crippen LogP contribution >= 0.6 is 0 Å². The van der Waals surface area contributed by atoms with Gasteiger partial charge in [-0.3, -0.25) is 14.6 Å². The molecular weight excluding hydrogens is 268 g/mol. The number of phenolic OH excluding ortho intramolecular Hbond substituents is 1. The summed E-state index contributed by atoms with van der Waals surface area (Å²) in [5.74, 6) is -0.455. The lowest BCUT2D eigenvalue weighted by Crippen LogP contribution is -2.54. The zero-order chi connectivity index (χ0) is 15.4. The van der Waals surface area contributed by atoms with Crippen LogP contribution < -0.4 is 0 Å². The highest BCUT2D eigenvalue weighted by Crippen LogP contribution is 2.15. The standard InChI is InChI=1S/C16H24N2O3/c1-12(11-14-3-5-15(19)6-4-14)17-7-9-18(10-8-17)13(2)16(20)21/h3-6,12-13,19H,7-11H2,1-2H3,(H,20,21). The van der Waals surface area contributed by atoms with Gasteiger partial charge in [0.1, 0.15) is 11.8 Å².